The van der Waals surface area contributed by atoms with Gasteiger partial charge in [-0.15, -0.1) is 0 Å². The van der Waals surface area contributed by atoms with E-state index in [-0.39, 0.29) is 5.69 Å². The largest absolute Gasteiger partial charge is 0.476 e. The molecule has 2 aromatic heterocycles. The van der Waals surface area contributed by atoms with Crippen LogP contribution in [0, 0.1) is 0 Å². The number of nitrogens with zero attached hydrogens (tertiary/aromatic N) is 3. The van der Waals surface area contributed by atoms with E-state index in [4.69, 9.17) is 10.8 Å². The minimum absolute atomic E-state index is 0.0198. The molecule has 0 fully saturated rings. The van der Waals surface area contributed by atoms with E-state index in [1.165, 1.54) is 23.3 Å². The van der Waals surface area contributed by atoms with E-state index in [0.29, 0.717) is 11.5 Å². The summed E-state index contributed by atoms with van der Waals surface area (Å²) in [5, 5.41) is 8.67. The predicted molar refractivity (Wildman–Crippen MR) is 52.7 cm³/mol. The summed E-state index contributed by atoms with van der Waals surface area (Å²) in [4.78, 5) is 18.3. The normalized spacial score (nSPS) is 10.1. The van der Waals surface area contributed by atoms with Crippen molar-refractivity contribution in [3.8, 4) is 5.82 Å². The van der Waals surface area contributed by atoms with Gasteiger partial charge in [0.1, 0.15) is 12.1 Å². The topological polar surface area (TPSA) is 94.0 Å². The van der Waals surface area contributed by atoms with Gasteiger partial charge in [-0.2, -0.15) is 0 Å². The summed E-state index contributed by atoms with van der Waals surface area (Å²) in [7, 11) is 0. The second-order valence-electron chi connectivity index (χ2n) is 2.92. The van der Waals surface area contributed by atoms with Crippen molar-refractivity contribution in [3.63, 3.8) is 0 Å². The van der Waals surface area contributed by atoms with Crippen molar-refractivity contribution in [1.82, 2.24) is 14.5 Å². The summed E-state index contributed by atoms with van der Waals surface area (Å²) in [5.41, 5.74) is 6.01. The van der Waals surface area contributed by atoms with E-state index in [0.717, 1.165) is 0 Å². The number of nitrogen functional groups attached to an aromatic ring is 1. The average molecular weight is 204 g/mol. The van der Waals surface area contributed by atoms with Crippen LogP contribution in [-0.4, -0.2) is 25.6 Å². The summed E-state index contributed by atoms with van der Waals surface area (Å²) >= 11 is 0. The average Bonchev–Trinajstić information content (AvgIpc) is 2.68. The third-order valence-corrected chi connectivity index (χ3v) is 1.84. The minimum Gasteiger partial charge on any atom is -0.476 e. The fraction of sp³-hybridized carbons (Fsp3) is 0. The summed E-state index contributed by atoms with van der Waals surface area (Å²) < 4.78 is 1.52. The van der Waals surface area contributed by atoms with Crippen LogP contribution in [0.1, 0.15) is 10.5 Å². The number of nitrogens with two attached hydrogens (primary N) is 1. The molecular formula is C9H8N4O2. The van der Waals surface area contributed by atoms with Gasteiger partial charge < -0.3 is 10.8 Å². The lowest BCUT2D eigenvalue weighted by molar-refractivity contribution is 0.0691. The molecule has 0 radical (unpaired) electrons. The highest BCUT2D eigenvalue weighted by atomic mass is 16.4. The van der Waals surface area contributed by atoms with Crippen LogP contribution in [0.3, 0.4) is 0 Å². The lowest BCUT2D eigenvalue weighted by atomic mass is 10.4. The molecule has 2 rings (SSSR count). The highest BCUT2D eigenvalue weighted by Crippen LogP contribution is 2.07. The molecule has 0 atom stereocenters. The van der Waals surface area contributed by atoms with Gasteiger partial charge in [-0.3, -0.25) is 4.57 Å². The van der Waals surface area contributed by atoms with Crippen LogP contribution in [0.4, 0.5) is 5.69 Å². The summed E-state index contributed by atoms with van der Waals surface area (Å²) in [5.74, 6) is -0.492. The van der Waals surface area contributed by atoms with E-state index in [2.05, 4.69) is 9.97 Å². The fourth-order valence-electron chi connectivity index (χ4n) is 1.11. The predicted octanol–water partition coefficient (Wildman–Crippen LogP) is 0.548. The molecule has 0 amide bonds. The molecule has 0 saturated heterocycles. The van der Waals surface area contributed by atoms with Crippen molar-refractivity contribution in [3.05, 3.63) is 36.5 Å². The van der Waals surface area contributed by atoms with Gasteiger partial charge in [-0.25, -0.2) is 14.8 Å². The van der Waals surface area contributed by atoms with Gasteiger partial charge >= 0.3 is 5.97 Å². The highest BCUT2D eigenvalue weighted by Gasteiger charge is 2.07. The number of anilines is 1. The molecule has 0 aliphatic heterocycles. The third-order valence-electron chi connectivity index (χ3n) is 1.84. The number of pyridine rings is 1. The Morgan fingerprint density at radius 1 is 1.40 bits per heavy atom. The number of aromatic carboxylic acids is 1. The Morgan fingerprint density at radius 3 is 2.73 bits per heavy atom. The van der Waals surface area contributed by atoms with Gasteiger partial charge in [-0.05, 0) is 12.1 Å². The Morgan fingerprint density at radius 2 is 2.20 bits per heavy atom. The molecule has 3 N–H and O–H groups in total. The zero-order chi connectivity index (χ0) is 10.8. The molecule has 2 heterocycles. The summed E-state index contributed by atoms with van der Waals surface area (Å²) in [6.07, 6.45) is 4.28. The Labute approximate surface area is 85.0 Å². The van der Waals surface area contributed by atoms with E-state index in [1.54, 1.807) is 12.1 Å². The molecule has 0 unspecified atom stereocenters. The summed E-state index contributed by atoms with van der Waals surface area (Å²) in [6.45, 7) is 0. The van der Waals surface area contributed by atoms with Gasteiger partial charge in [-0.1, -0.05) is 0 Å². The van der Waals surface area contributed by atoms with Crippen LogP contribution in [0.25, 0.3) is 5.82 Å². The Balaban J connectivity index is 2.37. The Bertz CT molecular complexity index is 489. The first-order valence-corrected chi connectivity index (χ1v) is 4.16. The first-order valence-electron chi connectivity index (χ1n) is 4.16. The first kappa shape index (κ1) is 9.20. The van der Waals surface area contributed by atoms with Crippen molar-refractivity contribution in [2.45, 2.75) is 0 Å². The molecular weight excluding hydrogens is 196 g/mol. The molecule has 6 nitrogen and oxygen atoms in total. The Kier molecular flexibility index (Phi) is 2.09. The number of carboxylic acid groups (broad SMARTS) is 1. The number of aromatic nitrogens is 3. The van der Waals surface area contributed by atoms with Crippen LogP contribution in [0.5, 0.6) is 0 Å². The molecule has 0 bridgehead atoms. The van der Waals surface area contributed by atoms with Crippen LogP contribution in [0.15, 0.2) is 30.9 Å². The lowest BCUT2D eigenvalue weighted by Gasteiger charge is -1.99. The van der Waals surface area contributed by atoms with E-state index in [1.807, 2.05) is 0 Å². The fourth-order valence-corrected chi connectivity index (χ4v) is 1.11. The maximum absolute atomic E-state index is 10.6. The number of rotatable bonds is 2. The maximum Gasteiger partial charge on any atom is 0.356 e. The number of hydrogen-bond acceptors (Lipinski definition) is 4. The summed E-state index contributed by atoms with van der Waals surface area (Å²) in [6, 6.07) is 3.37. The van der Waals surface area contributed by atoms with Crippen LogP contribution < -0.4 is 5.73 Å². The molecule has 2 aromatic rings. The van der Waals surface area contributed by atoms with E-state index >= 15 is 0 Å². The van der Waals surface area contributed by atoms with Gasteiger partial charge in [0.05, 0.1) is 11.9 Å². The van der Waals surface area contributed by atoms with Crippen LogP contribution in [0.2, 0.25) is 0 Å². The SMILES string of the molecule is Nc1ccc(-n2cnc(C(=O)O)c2)nc1. The quantitative estimate of drug-likeness (QED) is 0.744. The highest BCUT2D eigenvalue weighted by molar-refractivity contribution is 5.85. The monoisotopic (exact) mass is 204 g/mol. The van der Waals surface area contributed by atoms with Crippen LogP contribution in [-0.2, 0) is 0 Å². The third kappa shape index (κ3) is 1.78. The van der Waals surface area contributed by atoms with Crippen molar-refractivity contribution >= 4 is 11.7 Å². The minimum atomic E-state index is -1.07. The smallest absolute Gasteiger partial charge is 0.356 e. The molecule has 0 aliphatic carbocycles. The number of imidazole rings is 1. The van der Waals surface area contributed by atoms with Gasteiger partial charge in [0.15, 0.2) is 5.69 Å². The molecule has 0 aromatic carbocycles. The molecule has 0 spiro atoms. The van der Waals surface area contributed by atoms with Gasteiger partial charge in [0.2, 0.25) is 0 Å². The second-order valence-corrected chi connectivity index (χ2v) is 2.92. The van der Waals surface area contributed by atoms with Crippen molar-refractivity contribution in [1.29, 1.82) is 0 Å². The molecule has 0 saturated carbocycles. The number of hydrogen-bond donors (Lipinski definition) is 2. The first-order chi connectivity index (χ1) is 7.16. The van der Waals surface area contributed by atoms with Gasteiger partial charge in [0.25, 0.3) is 0 Å². The molecule has 76 valence electrons. The Hall–Kier alpha value is -2.37. The zero-order valence-corrected chi connectivity index (χ0v) is 7.66. The van der Waals surface area contributed by atoms with Crippen molar-refractivity contribution < 1.29 is 9.90 Å². The number of carboxylic acids is 1. The lowest BCUT2D eigenvalue weighted by Crippen LogP contribution is -1.97. The van der Waals surface area contributed by atoms with Crippen LogP contribution >= 0.6 is 0 Å². The van der Waals surface area contributed by atoms with Gasteiger partial charge in [0, 0.05) is 6.20 Å². The maximum atomic E-state index is 10.6. The molecule has 6 heteroatoms. The van der Waals surface area contributed by atoms with Crippen molar-refractivity contribution in [2.75, 3.05) is 5.73 Å². The van der Waals surface area contributed by atoms with E-state index < -0.39 is 5.97 Å². The zero-order valence-electron chi connectivity index (χ0n) is 7.66. The number of carbonyl (C=O) groups is 1. The standard InChI is InChI=1S/C9H8N4O2/c10-6-1-2-8(11-3-6)13-4-7(9(14)15)12-5-13/h1-5H,10H2,(H,14,15). The second kappa shape index (κ2) is 3.41. The molecule has 0 aliphatic rings. The van der Waals surface area contributed by atoms with E-state index in [9.17, 15) is 4.79 Å². The molecule has 15 heavy (non-hydrogen) atoms. The van der Waals surface area contributed by atoms with Crippen molar-refractivity contribution in [2.24, 2.45) is 0 Å².